The Balaban J connectivity index is 1.96. The first-order valence-corrected chi connectivity index (χ1v) is 8.79. The van der Waals surface area contributed by atoms with Crippen molar-refractivity contribution in [3.8, 4) is 0 Å². The number of hydrogen-bond donors (Lipinski definition) is 1. The molecule has 20 heavy (non-hydrogen) atoms. The van der Waals surface area contributed by atoms with E-state index in [2.05, 4.69) is 43.1 Å². The minimum Gasteiger partial charge on any atom is -0.312 e. The Morgan fingerprint density at radius 1 is 1.15 bits per heavy atom. The van der Waals surface area contributed by atoms with Crippen LogP contribution in [0.2, 0.25) is 0 Å². The Labute approximate surface area is 126 Å². The van der Waals surface area contributed by atoms with Gasteiger partial charge in [-0.2, -0.15) is 0 Å². The topological polar surface area (TPSA) is 18.5 Å². The van der Waals surface area contributed by atoms with Gasteiger partial charge in [0.05, 0.1) is 0 Å². The third-order valence-electron chi connectivity index (χ3n) is 5.55. The minimum absolute atomic E-state index is 0.735. The van der Waals surface area contributed by atoms with Crippen LogP contribution < -0.4 is 5.32 Å². The van der Waals surface area contributed by atoms with E-state index in [0.29, 0.717) is 0 Å². The zero-order valence-electron chi connectivity index (χ0n) is 14.1. The highest BCUT2D eigenvalue weighted by Crippen LogP contribution is 2.32. The predicted octanol–water partition coefficient (Wildman–Crippen LogP) is 2.57. The van der Waals surface area contributed by atoms with Crippen molar-refractivity contribution in [3.63, 3.8) is 0 Å². The van der Waals surface area contributed by atoms with E-state index in [1.54, 1.807) is 0 Å². The third-order valence-corrected chi connectivity index (χ3v) is 5.55. The lowest BCUT2D eigenvalue weighted by molar-refractivity contribution is 0.110. The summed E-state index contributed by atoms with van der Waals surface area (Å²) in [6, 6.07) is 2.28. The molecular weight excluding hydrogens is 246 g/mol. The number of likely N-dealkylation sites (N-methyl/N-ethyl adjacent to an activating group) is 1. The van der Waals surface area contributed by atoms with E-state index in [1.807, 2.05) is 0 Å². The van der Waals surface area contributed by atoms with E-state index in [1.165, 1.54) is 58.2 Å². The average Bonchev–Trinajstić information content (AvgIpc) is 2.94. The molecule has 0 amide bonds. The van der Waals surface area contributed by atoms with Gasteiger partial charge in [-0.25, -0.2) is 0 Å². The third kappa shape index (κ3) is 3.96. The normalized spacial score (nSPS) is 35.9. The van der Waals surface area contributed by atoms with Crippen LogP contribution in [0, 0.1) is 5.92 Å². The molecule has 3 heteroatoms. The summed E-state index contributed by atoms with van der Waals surface area (Å²) in [5.74, 6) is 0.957. The SMILES string of the molecule is CCCNC1CCC(CC)CC1N1CCC(N(C)C)C1. The van der Waals surface area contributed by atoms with Gasteiger partial charge in [0.1, 0.15) is 0 Å². The second-order valence-electron chi connectivity index (χ2n) is 7.12. The molecular formula is C17H35N3. The van der Waals surface area contributed by atoms with Gasteiger partial charge >= 0.3 is 0 Å². The Morgan fingerprint density at radius 3 is 2.55 bits per heavy atom. The summed E-state index contributed by atoms with van der Waals surface area (Å²) in [4.78, 5) is 5.20. The van der Waals surface area contributed by atoms with Crippen LogP contribution in [0.5, 0.6) is 0 Å². The molecule has 1 saturated carbocycles. The molecule has 1 heterocycles. The van der Waals surface area contributed by atoms with Crippen LogP contribution in [0.4, 0.5) is 0 Å². The van der Waals surface area contributed by atoms with Crippen LogP contribution in [0.15, 0.2) is 0 Å². The second kappa shape index (κ2) is 7.77. The lowest BCUT2D eigenvalue weighted by atomic mass is 9.80. The number of nitrogens with zero attached hydrogens (tertiary/aromatic N) is 2. The first-order chi connectivity index (χ1) is 9.65. The maximum Gasteiger partial charge on any atom is 0.0252 e. The Kier molecular flexibility index (Phi) is 6.31. The standard InChI is InChI=1S/C17H35N3/c1-5-10-18-16-8-7-14(6-2)12-17(16)20-11-9-15(13-20)19(3)4/h14-18H,5-13H2,1-4H3. The number of likely N-dealkylation sites (tertiary alicyclic amines) is 1. The van der Waals surface area contributed by atoms with Crippen molar-refractivity contribution in [2.24, 2.45) is 5.92 Å². The van der Waals surface area contributed by atoms with Crippen LogP contribution in [0.3, 0.4) is 0 Å². The average molecular weight is 281 g/mol. The van der Waals surface area contributed by atoms with E-state index in [-0.39, 0.29) is 0 Å². The predicted molar refractivity (Wildman–Crippen MR) is 87.2 cm³/mol. The molecule has 2 aliphatic rings. The molecule has 118 valence electrons. The highest BCUT2D eigenvalue weighted by atomic mass is 15.3. The van der Waals surface area contributed by atoms with Crippen molar-refractivity contribution in [1.29, 1.82) is 0 Å². The first kappa shape index (κ1) is 16.3. The van der Waals surface area contributed by atoms with Gasteiger partial charge in [0.15, 0.2) is 0 Å². The molecule has 2 fully saturated rings. The molecule has 3 nitrogen and oxygen atoms in total. The van der Waals surface area contributed by atoms with E-state index >= 15 is 0 Å². The zero-order valence-corrected chi connectivity index (χ0v) is 14.1. The summed E-state index contributed by atoms with van der Waals surface area (Å²) in [7, 11) is 4.47. The molecule has 4 unspecified atom stereocenters. The summed E-state index contributed by atoms with van der Waals surface area (Å²) in [6.45, 7) is 8.40. The second-order valence-corrected chi connectivity index (χ2v) is 7.12. The monoisotopic (exact) mass is 281 g/mol. The summed E-state index contributed by atoms with van der Waals surface area (Å²) in [6.07, 6.45) is 8.19. The molecule has 0 aromatic rings. The van der Waals surface area contributed by atoms with Gasteiger partial charge in [-0.05, 0) is 58.7 Å². The van der Waals surface area contributed by atoms with E-state index < -0.39 is 0 Å². The molecule has 1 N–H and O–H groups in total. The highest BCUT2D eigenvalue weighted by Gasteiger charge is 2.37. The summed E-state index contributed by atoms with van der Waals surface area (Å²) < 4.78 is 0. The Hall–Kier alpha value is -0.120. The Morgan fingerprint density at radius 2 is 1.95 bits per heavy atom. The molecule has 4 atom stereocenters. The molecule has 2 rings (SSSR count). The van der Waals surface area contributed by atoms with Crippen LogP contribution in [0.1, 0.15) is 52.4 Å². The van der Waals surface area contributed by atoms with Crippen molar-refractivity contribution in [1.82, 2.24) is 15.1 Å². The van der Waals surface area contributed by atoms with Crippen LogP contribution in [-0.4, -0.2) is 61.7 Å². The smallest absolute Gasteiger partial charge is 0.0252 e. The van der Waals surface area contributed by atoms with Crippen LogP contribution in [-0.2, 0) is 0 Å². The number of nitrogens with one attached hydrogen (secondary N) is 1. The van der Waals surface area contributed by atoms with Gasteiger partial charge in [-0.15, -0.1) is 0 Å². The highest BCUT2D eigenvalue weighted by molar-refractivity contribution is 4.95. The maximum absolute atomic E-state index is 3.83. The van der Waals surface area contributed by atoms with Gasteiger partial charge in [-0.1, -0.05) is 20.3 Å². The molecule has 1 saturated heterocycles. The molecule has 0 aromatic carbocycles. The quantitative estimate of drug-likeness (QED) is 0.807. The van der Waals surface area contributed by atoms with Crippen LogP contribution >= 0.6 is 0 Å². The van der Waals surface area contributed by atoms with Crippen molar-refractivity contribution in [2.75, 3.05) is 33.7 Å². The van der Waals surface area contributed by atoms with E-state index in [9.17, 15) is 0 Å². The lowest BCUT2D eigenvalue weighted by Crippen LogP contribution is -2.53. The molecule has 0 bridgehead atoms. The van der Waals surface area contributed by atoms with Crippen molar-refractivity contribution < 1.29 is 0 Å². The molecule has 0 spiro atoms. The van der Waals surface area contributed by atoms with Crippen molar-refractivity contribution in [3.05, 3.63) is 0 Å². The van der Waals surface area contributed by atoms with Crippen molar-refractivity contribution in [2.45, 2.75) is 70.5 Å². The summed E-state index contributed by atoms with van der Waals surface area (Å²) in [5.41, 5.74) is 0. The lowest BCUT2D eigenvalue weighted by Gasteiger charge is -2.42. The fraction of sp³-hybridized carbons (Fsp3) is 1.00. The van der Waals surface area contributed by atoms with E-state index in [0.717, 1.165) is 24.0 Å². The molecule has 0 radical (unpaired) electrons. The van der Waals surface area contributed by atoms with Gasteiger partial charge in [0.25, 0.3) is 0 Å². The minimum atomic E-state index is 0.735. The van der Waals surface area contributed by atoms with Gasteiger partial charge in [-0.3, -0.25) is 4.90 Å². The number of hydrogen-bond acceptors (Lipinski definition) is 3. The van der Waals surface area contributed by atoms with Crippen LogP contribution in [0.25, 0.3) is 0 Å². The Bertz CT molecular complexity index is 279. The molecule has 1 aliphatic carbocycles. The zero-order chi connectivity index (χ0) is 14.5. The summed E-state index contributed by atoms with van der Waals surface area (Å²) >= 11 is 0. The fourth-order valence-corrected chi connectivity index (χ4v) is 4.06. The molecule has 0 aromatic heterocycles. The van der Waals surface area contributed by atoms with Crippen molar-refractivity contribution >= 4 is 0 Å². The number of rotatable bonds is 6. The fourth-order valence-electron chi connectivity index (χ4n) is 4.06. The van der Waals surface area contributed by atoms with Gasteiger partial charge < -0.3 is 10.2 Å². The van der Waals surface area contributed by atoms with E-state index in [4.69, 9.17) is 0 Å². The van der Waals surface area contributed by atoms with Gasteiger partial charge in [0, 0.05) is 31.2 Å². The first-order valence-electron chi connectivity index (χ1n) is 8.79. The summed E-state index contributed by atoms with van der Waals surface area (Å²) in [5, 5.41) is 3.83. The largest absolute Gasteiger partial charge is 0.312 e. The molecule has 1 aliphatic heterocycles. The maximum atomic E-state index is 3.83. The van der Waals surface area contributed by atoms with Gasteiger partial charge in [0.2, 0.25) is 0 Å².